The molecule has 0 bridgehead atoms. The highest BCUT2D eigenvalue weighted by molar-refractivity contribution is 8.16. The van der Waals surface area contributed by atoms with Crippen LogP contribution in [0.2, 0.25) is 0 Å². The first-order chi connectivity index (χ1) is 16.6. The van der Waals surface area contributed by atoms with Crippen molar-refractivity contribution in [1.29, 1.82) is 0 Å². The molecule has 7 nitrogen and oxygen atoms in total. The number of thioether (sulfide) groups is 1. The van der Waals surface area contributed by atoms with Gasteiger partial charge in [0.1, 0.15) is 6.61 Å². The number of carboxylic acid groups (broad SMARTS) is 1. The first-order valence-electron chi connectivity index (χ1n) is 11.0. The molecule has 3 aromatic rings. The Kier molecular flexibility index (Phi) is 11.9. The molecule has 1 heterocycles. The van der Waals surface area contributed by atoms with E-state index in [4.69, 9.17) is 15.6 Å². The zero-order valence-corrected chi connectivity index (χ0v) is 20.2. The number of aliphatic carboxylic acids is 1. The summed E-state index contributed by atoms with van der Waals surface area (Å²) < 4.78 is 5.94. The van der Waals surface area contributed by atoms with Crippen molar-refractivity contribution in [2.45, 2.75) is 39.7 Å². The van der Waals surface area contributed by atoms with Crippen molar-refractivity contribution < 1.29 is 14.6 Å². The summed E-state index contributed by atoms with van der Waals surface area (Å²) in [5.74, 6) is -0.241. The second-order valence-electron chi connectivity index (χ2n) is 6.80. The highest BCUT2D eigenvalue weighted by Crippen LogP contribution is 2.25. The summed E-state index contributed by atoms with van der Waals surface area (Å²) in [5.41, 5.74) is 8.89. The summed E-state index contributed by atoms with van der Waals surface area (Å²) in [6, 6.07) is 19.8. The maximum Gasteiger partial charge on any atom is 0.303 e. The van der Waals surface area contributed by atoms with Gasteiger partial charge in [-0.25, -0.2) is 9.97 Å². The van der Waals surface area contributed by atoms with E-state index in [9.17, 15) is 4.79 Å². The topological polar surface area (TPSA) is 111 Å². The zero-order chi connectivity index (χ0) is 24.6. The zero-order valence-electron chi connectivity index (χ0n) is 19.4. The molecule has 0 atom stereocenters. The number of benzene rings is 2. The van der Waals surface area contributed by atoms with Gasteiger partial charge < -0.3 is 15.6 Å². The second-order valence-corrected chi connectivity index (χ2v) is 7.72. The second kappa shape index (κ2) is 15.2. The predicted molar refractivity (Wildman–Crippen MR) is 138 cm³/mol. The molecule has 0 aliphatic rings. The fourth-order valence-corrected chi connectivity index (χ4v) is 3.22. The molecule has 34 heavy (non-hydrogen) atoms. The molecule has 0 amide bonds. The number of aliphatic imine (C=N–C) groups is 1. The lowest BCUT2D eigenvalue weighted by atomic mass is 10.1. The van der Waals surface area contributed by atoms with E-state index in [0.29, 0.717) is 31.1 Å². The van der Waals surface area contributed by atoms with Gasteiger partial charge in [-0.1, -0.05) is 92.3 Å². The van der Waals surface area contributed by atoms with Crippen molar-refractivity contribution in [2.75, 3.05) is 0 Å². The monoisotopic (exact) mass is 478 g/mol. The molecule has 3 N–H and O–H groups in total. The van der Waals surface area contributed by atoms with Crippen LogP contribution in [0.1, 0.15) is 43.5 Å². The fraction of sp³-hybridized carbons (Fsp3) is 0.231. The van der Waals surface area contributed by atoms with Gasteiger partial charge in [-0.3, -0.25) is 4.79 Å². The Bertz CT molecular complexity index is 1070. The summed E-state index contributed by atoms with van der Waals surface area (Å²) in [6.45, 7) is 4.33. The number of carbonyl (C=O) groups is 1. The van der Waals surface area contributed by atoms with Gasteiger partial charge in [-0.2, -0.15) is 4.99 Å². The van der Waals surface area contributed by atoms with Crippen LogP contribution in [-0.2, 0) is 17.8 Å². The van der Waals surface area contributed by atoms with E-state index in [1.54, 1.807) is 17.7 Å². The van der Waals surface area contributed by atoms with E-state index in [-0.39, 0.29) is 11.6 Å². The van der Waals surface area contributed by atoms with Crippen molar-refractivity contribution in [2.24, 2.45) is 10.7 Å². The standard InChI is InChI=1S/C24H24N4O3S.C2H6/c25-24(32-14-8-7-13-21(29)30)28-22-23(31-17-19-11-5-2-6-12-19)27-20(16-26-22)15-18-9-3-1-4-10-18;1-2/h1-6,8-12,14,16H,7,13,15,17H2,(H,29,30)(H2,25,26,28);1-2H3/b14-8+;. The number of nitrogens with zero attached hydrogens (tertiary/aromatic N) is 3. The normalized spacial score (nSPS) is 11.1. The third kappa shape index (κ3) is 9.87. The molecule has 0 saturated heterocycles. The molecule has 3 rings (SSSR count). The maximum absolute atomic E-state index is 10.6. The number of amidine groups is 1. The lowest BCUT2D eigenvalue weighted by Crippen LogP contribution is -2.06. The highest BCUT2D eigenvalue weighted by Gasteiger charge is 2.11. The van der Waals surface area contributed by atoms with E-state index in [0.717, 1.165) is 16.8 Å². The Morgan fingerprint density at radius 2 is 1.74 bits per heavy atom. The van der Waals surface area contributed by atoms with Gasteiger partial charge >= 0.3 is 5.97 Å². The predicted octanol–water partition coefficient (Wildman–Crippen LogP) is 5.73. The number of hydrogen-bond donors (Lipinski definition) is 2. The molecule has 0 spiro atoms. The molecule has 0 radical (unpaired) electrons. The summed E-state index contributed by atoms with van der Waals surface area (Å²) >= 11 is 1.18. The summed E-state index contributed by atoms with van der Waals surface area (Å²) in [4.78, 5) is 24.0. The Morgan fingerprint density at radius 1 is 1.09 bits per heavy atom. The fourth-order valence-electron chi connectivity index (χ4n) is 2.71. The van der Waals surface area contributed by atoms with E-state index in [1.807, 2.05) is 74.5 Å². The van der Waals surface area contributed by atoms with E-state index < -0.39 is 5.97 Å². The Morgan fingerprint density at radius 3 is 2.38 bits per heavy atom. The van der Waals surface area contributed by atoms with Gasteiger partial charge in [-0.05, 0) is 23.0 Å². The summed E-state index contributed by atoms with van der Waals surface area (Å²) in [7, 11) is 0. The number of ether oxygens (including phenoxy) is 1. The van der Waals surface area contributed by atoms with Crippen molar-refractivity contribution >= 4 is 28.7 Å². The average Bonchev–Trinajstić information content (AvgIpc) is 2.86. The van der Waals surface area contributed by atoms with Gasteiger partial charge in [0.25, 0.3) is 5.88 Å². The minimum Gasteiger partial charge on any atom is -0.481 e. The van der Waals surface area contributed by atoms with Crippen molar-refractivity contribution in [3.8, 4) is 5.88 Å². The van der Waals surface area contributed by atoms with Gasteiger partial charge in [0, 0.05) is 12.8 Å². The van der Waals surface area contributed by atoms with Crippen LogP contribution in [0.25, 0.3) is 0 Å². The minimum atomic E-state index is -0.840. The third-order valence-corrected chi connectivity index (χ3v) is 4.91. The van der Waals surface area contributed by atoms with Crippen LogP contribution in [0.3, 0.4) is 0 Å². The van der Waals surface area contributed by atoms with Crippen molar-refractivity contribution in [1.82, 2.24) is 9.97 Å². The van der Waals surface area contributed by atoms with Gasteiger partial charge in [0.15, 0.2) is 5.17 Å². The molecule has 1 aromatic heterocycles. The van der Waals surface area contributed by atoms with Crippen LogP contribution in [0.15, 0.2) is 83.3 Å². The van der Waals surface area contributed by atoms with Crippen LogP contribution >= 0.6 is 11.8 Å². The Labute approximate surface area is 204 Å². The number of allylic oxidation sites excluding steroid dienone is 1. The van der Waals surface area contributed by atoms with Crippen LogP contribution < -0.4 is 10.5 Å². The number of hydrogen-bond acceptors (Lipinski definition) is 6. The Balaban J connectivity index is 0.00000199. The molecule has 0 aliphatic heterocycles. The lowest BCUT2D eigenvalue weighted by Gasteiger charge is -2.10. The van der Waals surface area contributed by atoms with Crippen molar-refractivity contribution in [3.05, 3.63) is 95.2 Å². The van der Waals surface area contributed by atoms with E-state index in [2.05, 4.69) is 15.0 Å². The smallest absolute Gasteiger partial charge is 0.303 e. The van der Waals surface area contributed by atoms with E-state index >= 15 is 0 Å². The largest absolute Gasteiger partial charge is 0.481 e. The molecule has 0 fully saturated rings. The Hall–Kier alpha value is -3.65. The minimum absolute atomic E-state index is 0.0694. The molecule has 8 heteroatoms. The van der Waals surface area contributed by atoms with Gasteiger partial charge in [0.05, 0.1) is 11.9 Å². The van der Waals surface area contributed by atoms with Crippen LogP contribution in [-0.4, -0.2) is 26.2 Å². The third-order valence-electron chi connectivity index (χ3n) is 4.24. The van der Waals surface area contributed by atoms with Gasteiger partial charge in [0.2, 0.25) is 5.82 Å². The number of aromatic nitrogens is 2. The quantitative estimate of drug-likeness (QED) is 0.283. The molecule has 2 aromatic carbocycles. The summed E-state index contributed by atoms with van der Waals surface area (Å²) in [6.07, 6.45) is 4.52. The van der Waals surface area contributed by atoms with Crippen LogP contribution in [0.4, 0.5) is 5.82 Å². The van der Waals surface area contributed by atoms with Gasteiger partial charge in [-0.15, -0.1) is 0 Å². The van der Waals surface area contributed by atoms with Crippen LogP contribution in [0, 0.1) is 0 Å². The molecule has 0 aliphatic carbocycles. The number of nitrogens with two attached hydrogens (primary N) is 1. The average molecular weight is 479 g/mol. The number of carboxylic acids is 1. The lowest BCUT2D eigenvalue weighted by molar-refractivity contribution is -0.136. The van der Waals surface area contributed by atoms with Crippen LogP contribution in [0.5, 0.6) is 5.88 Å². The first kappa shape index (κ1) is 26.6. The first-order valence-corrected chi connectivity index (χ1v) is 11.9. The molecule has 0 unspecified atom stereocenters. The molecule has 0 saturated carbocycles. The van der Waals surface area contributed by atoms with E-state index in [1.165, 1.54) is 11.8 Å². The SMILES string of the molecule is CC.NC(=Nc1ncc(Cc2ccccc2)nc1OCc1ccccc1)S/C=C/CCC(=O)O. The molecular weight excluding hydrogens is 448 g/mol. The molecule has 178 valence electrons. The highest BCUT2D eigenvalue weighted by atomic mass is 32.2. The maximum atomic E-state index is 10.6. The molecular formula is C26H30N4O3S. The summed E-state index contributed by atoms with van der Waals surface area (Å²) in [5, 5.41) is 10.6. The number of rotatable bonds is 10. The van der Waals surface area contributed by atoms with Crippen molar-refractivity contribution in [3.63, 3.8) is 0 Å².